The van der Waals surface area contributed by atoms with Crippen LogP contribution in [0.1, 0.15) is 26.8 Å². The number of nitrogens with one attached hydrogen (secondary N) is 2. The van der Waals surface area contributed by atoms with Crippen LogP contribution in [0, 0.1) is 17.6 Å². The number of amides is 2. The number of hydrazine groups is 1. The van der Waals surface area contributed by atoms with Gasteiger partial charge in [-0.2, -0.15) is 0 Å². The largest absolute Gasteiger partial charge is 0.449 e. The molecule has 1 heterocycles. The van der Waals surface area contributed by atoms with E-state index < -0.39 is 29.7 Å². The topological polar surface area (TPSA) is 85.3 Å². The third-order valence-corrected chi connectivity index (χ3v) is 3.38. The highest BCUT2D eigenvalue weighted by Crippen LogP contribution is 2.25. The highest BCUT2D eigenvalue weighted by atomic mass is 19.2. The first-order valence-corrected chi connectivity index (χ1v) is 7.39. The minimum Gasteiger partial charge on any atom is -0.449 e. The van der Waals surface area contributed by atoms with Crippen molar-refractivity contribution in [3.63, 3.8) is 0 Å². The van der Waals surface area contributed by atoms with E-state index in [2.05, 4.69) is 20.6 Å². The third-order valence-electron chi connectivity index (χ3n) is 3.38. The first-order valence-electron chi connectivity index (χ1n) is 7.39. The van der Waals surface area contributed by atoms with Crippen molar-refractivity contribution in [1.29, 1.82) is 0 Å². The molecule has 0 fully saturated rings. The van der Waals surface area contributed by atoms with Gasteiger partial charge in [-0.15, -0.1) is 0 Å². The quantitative estimate of drug-likeness (QED) is 0.836. The van der Waals surface area contributed by atoms with Crippen molar-refractivity contribution in [3.05, 3.63) is 30.1 Å². The summed E-state index contributed by atoms with van der Waals surface area (Å²) in [5, 5.41) is 0. The number of aromatic nitrogens is 2. The molecule has 2 N–H and O–H groups in total. The normalized spacial score (nSPS) is 12.2. The maximum Gasteiger partial charge on any atom is 0.426 e. The van der Waals surface area contributed by atoms with Gasteiger partial charge in [-0.3, -0.25) is 10.2 Å². The van der Waals surface area contributed by atoms with Crippen LogP contribution in [0.5, 0.6) is 0 Å². The van der Waals surface area contributed by atoms with Crippen LogP contribution >= 0.6 is 0 Å². The van der Waals surface area contributed by atoms with E-state index in [0.717, 1.165) is 12.1 Å². The van der Waals surface area contributed by atoms with Gasteiger partial charge >= 0.3 is 6.09 Å². The summed E-state index contributed by atoms with van der Waals surface area (Å²) in [4.78, 5) is 27.6. The molecule has 0 spiro atoms. The number of fused-ring (bicyclic) bond motifs is 1. The van der Waals surface area contributed by atoms with Gasteiger partial charge in [-0.05, 0) is 12.8 Å². The van der Waals surface area contributed by atoms with E-state index in [1.54, 1.807) is 20.8 Å². The maximum atomic E-state index is 13.5. The fourth-order valence-electron chi connectivity index (χ4n) is 2.35. The lowest BCUT2D eigenvalue weighted by atomic mass is 10.0. The first-order chi connectivity index (χ1) is 11.3. The monoisotopic (exact) mass is 340 g/mol. The summed E-state index contributed by atoms with van der Waals surface area (Å²) in [6, 6.07) is 1.16. The molecular weight excluding hydrogens is 322 g/mol. The molecule has 1 atom stereocenters. The second-order valence-corrected chi connectivity index (χ2v) is 5.43. The fraction of sp³-hybridized carbons (Fsp3) is 0.400. The average molecular weight is 340 g/mol. The zero-order valence-electron chi connectivity index (χ0n) is 13.5. The van der Waals surface area contributed by atoms with E-state index in [9.17, 15) is 18.4 Å². The molecule has 0 radical (unpaired) electrons. The summed E-state index contributed by atoms with van der Waals surface area (Å²) in [6.45, 7) is 5.34. The summed E-state index contributed by atoms with van der Waals surface area (Å²) in [5.41, 5.74) is 4.87. The number of carbonyl (C=O) groups is 2. The molecule has 9 heteroatoms. The average Bonchev–Trinajstić information content (AvgIpc) is 2.88. The standard InChI is InChI=1S/C15H18F2N4O3/c1-4-24-15(23)20-19-14(22)13(8(2)3)21-7-18-11-5-9(16)10(17)6-12(11)21/h5-8,13H,4H2,1-3H3,(H,19,22)(H,20,23)/t13-/m0/s1. The van der Waals surface area contributed by atoms with Crippen LogP contribution in [0.3, 0.4) is 0 Å². The predicted octanol–water partition coefficient (Wildman–Crippen LogP) is 2.29. The summed E-state index contributed by atoms with van der Waals surface area (Å²) in [7, 11) is 0. The molecular formula is C15H18F2N4O3. The van der Waals surface area contributed by atoms with Crippen LogP contribution in [-0.2, 0) is 9.53 Å². The molecule has 7 nitrogen and oxygen atoms in total. The molecule has 24 heavy (non-hydrogen) atoms. The van der Waals surface area contributed by atoms with Gasteiger partial charge in [0.2, 0.25) is 0 Å². The van der Waals surface area contributed by atoms with E-state index in [1.165, 1.54) is 10.9 Å². The Kier molecular flexibility index (Phi) is 5.32. The van der Waals surface area contributed by atoms with Crippen molar-refractivity contribution in [3.8, 4) is 0 Å². The lowest BCUT2D eigenvalue weighted by molar-refractivity contribution is -0.126. The van der Waals surface area contributed by atoms with E-state index in [1.807, 2.05) is 0 Å². The first kappa shape index (κ1) is 17.6. The second-order valence-electron chi connectivity index (χ2n) is 5.43. The lowest BCUT2D eigenvalue weighted by Crippen LogP contribution is -2.46. The lowest BCUT2D eigenvalue weighted by Gasteiger charge is -2.22. The third kappa shape index (κ3) is 3.61. The van der Waals surface area contributed by atoms with Gasteiger partial charge in [0, 0.05) is 12.1 Å². The van der Waals surface area contributed by atoms with Crippen LogP contribution in [0.15, 0.2) is 18.5 Å². The smallest absolute Gasteiger partial charge is 0.426 e. The van der Waals surface area contributed by atoms with Gasteiger partial charge in [0.05, 0.1) is 24.0 Å². The Morgan fingerprint density at radius 1 is 1.25 bits per heavy atom. The van der Waals surface area contributed by atoms with Crippen molar-refractivity contribution in [1.82, 2.24) is 20.4 Å². The molecule has 0 saturated heterocycles. The molecule has 2 aromatic rings. The summed E-state index contributed by atoms with van der Waals surface area (Å²) in [6.07, 6.45) is 0.537. The molecule has 130 valence electrons. The zero-order valence-corrected chi connectivity index (χ0v) is 13.5. The minimum absolute atomic E-state index is 0.159. The van der Waals surface area contributed by atoms with E-state index >= 15 is 0 Å². The van der Waals surface area contributed by atoms with Crippen molar-refractivity contribution in [2.75, 3.05) is 6.61 Å². The molecule has 2 amide bonds. The van der Waals surface area contributed by atoms with Crippen LogP contribution in [0.25, 0.3) is 11.0 Å². The molecule has 0 saturated carbocycles. The number of imidazole rings is 1. The van der Waals surface area contributed by atoms with Crippen molar-refractivity contribution >= 4 is 23.0 Å². The maximum absolute atomic E-state index is 13.5. The zero-order chi connectivity index (χ0) is 17.9. The van der Waals surface area contributed by atoms with Gasteiger partial charge in [-0.1, -0.05) is 13.8 Å². The minimum atomic E-state index is -1.03. The second kappa shape index (κ2) is 7.24. The van der Waals surface area contributed by atoms with Crippen molar-refractivity contribution in [2.24, 2.45) is 5.92 Å². The summed E-state index contributed by atoms with van der Waals surface area (Å²) >= 11 is 0. The number of rotatable bonds is 4. The summed E-state index contributed by atoms with van der Waals surface area (Å²) in [5.74, 6) is -2.79. The number of hydrogen-bond acceptors (Lipinski definition) is 4. The number of halogens is 2. The van der Waals surface area contributed by atoms with Gasteiger partial charge in [-0.25, -0.2) is 24.0 Å². The number of carbonyl (C=O) groups excluding carboxylic acids is 2. The number of hydrogen-bond donors (Lipinski definition) is 2. The molecule has 0 aliphatic heterocycles. The Hall–Kier alpha value is -2.71. The molecule has 0 unspecified atom stereocenters. The van der Waals surface area contributed by atoms with Crippen LogP contribution in [0.4, 0.5) is 13.6 Å². The molecule has 0 aliphatic rings. The Labute approximate surface area is 137 Å². The predicted molar refractivity (Wildman–Crippen MR) is 81.8 cm³/mol. The SMILES string of the molecule is CCOC(=O)NNC(=O)[C@H](C(C)C)n1cnc2cc(F)c(F)cc21. The van der Waals surface area contributed by atoms with Crippen LogP contribution in [0.2, 0.25) is 0 Å². The van der Waals surface area contributed by atoms with Gasteiger partial charge in [0.25, 0.3) is 5.91 Å². The Balaban J connectivity index is 2.29. The summed E-state index contributed by atoms with van der Waals surface area (Å²) < 4.78 is 32.9. The molecule has 1 aromatic heterocycles. The molecule has 2 rings (SSSR count). The van der Waals surface area contributed by atoms with Crippen LogP contribution in [-0.4, -0.2) is 28.2 Å². The van der Waals surface area contributed by atoms with Gasteiger partial charge in [0.1, 0.15) is 6.04 Å². The molecule has 0 aliphatic carbocycles. The van der Waals surface area contributed by atoms with Gasteiger partial charge in [0.15, 0.2) is 11.6 Å². The van der Waals surface area contributed by atoms with E-state index in [0.29, 0.717) is 0 Å². The Morgan fingerprint density at radius 3 is 2.54 bits per heavy atom. The number of nitrogens with zero attached hydrogens (tertiary/aromatic N) is 2. The highest BCUT2D eigenvalue weighted by molar-refractivity contribution is 5.85. The molecule has 0 bridgehead atoms. The number of ether oxygens (including phenoxy) is 1. The van der Waals surface area contributed by atoms with Crippen molar-refractivity contribution in [2.45, 2.75) is 26.8 Å². The van der Waals surface area contributed by atoms with Gasteiger partial charge < -0.3 is 9.30 Å². The van der Waals surface area contributed by atoms with Crippen molar-refractivity contribution < 1.29 is 23.1 Å². The van der Waals surface area contributed by atoms with E-state index in [4.69, 9.17) is 0 Å². The number of benzene rings is 1. The fourth-order valence-corrected chi connectivity index (χ4v) is 2.35. The van der Waals surface area contributed by atoms with Crippen LogP contribution < -0.4 is 10.9 Å². The Bertz CT molecular complexity index is 761. The Morgan fingerprint density at radius 2 is 1.92 bits per heavy atom. The highest BCUT2D eigenvalue weighted by Gasteiger charge is 2.26. The molecule has 1 aromatic carbocycles. The van der Waals surface area contributed by atoms with E-state index in [-0.39, 0.29) is 23.6 Å².